The second kappa shape index (κ2) is 11.2. The second-order valence-electron chi connectivity index (χ2n) is 11.5. The molecule has 2 fully saturated rings. The Balaban J connectivity index is 1.27. The molecule has 4 N–H and O–H groups in total. The number of hydrogen-bond acceptors (Lipinski definition) is 6. The lowest BCUT2D eigenvalue weighted by Gasteiger charge is -2.36. The van der Waals surface area contributed by atoms with Gasteiger partial charge in [0, 0.05) is 36.5 Å². The van der Waals surface area contributed by atoms with Crippen molar-refractivity contribution < 1.29 is 9.53 Å². The average molecular weight is 553 g/mol. The van der Waals surface area contributed by atoms with Crippen LogP contribution in [0.2, 0.25) is 0 Å². The smallest absolute Gasteiger partial charge is 0.288 e. The molecular formula is C32H36N6O3. The number of ether oxygens (including phenoxy) is 1. The number of aromatic amines is 1. The molecule has 2 aliphatic rings. The number of rotatable bonds is 8. The number of para-hydroxylation sites is 1. The van der Waals surface area contributed by atoms with Gasteiger partial charge in [-0.1, -0.05) is 36.4 Å². The molecule has 2 aliphatic carbocycles. The van der Waals surface area contributed by atoms with Crippen LogP contribution in [-0.4, -0.2) is 52.3 Å². The van der Waals surface area contributed by atoms with Crippen LogP contribution in [-0.2, 0) is 4.79 Å². The molecule has 9 heteroatoms. The highest BCUT2D eigenvalue weighted by Gasteiger charge is 2.44. The number of aromatic nitrogens is 3. The summed E-state index contributed by atoms with van der Waals surface area (Å²) in [6.45, 7) is 0.728. The van der Waals surface area contributed by atoms with Crippen molar-refractivity contribution >= 4 is 22.6 Å². The van der Waals surface area contributed by atoms with Gasteiger partial charge in [-0.15, -0.1) is 0 Å². The van der Waals surface area contributed by atoms with Gasteiger partial charge < -0.3 is 25.3 Å². The molecule has 212 valence electrons. The minimum Gasteiger partial charge on any atom is -0.457 e. The molecule has 4 aromatic rings. The second-order valence-corrected chi connectivity index (χ2v) is 11.5. The molecule has 2 aromatic carbocycles. The first kappa shape index (κ1) is 26.8. The Bertz CT molecular complexity index is 1610. The summed E-state index contributed by atoms with van der Waals surface area (Å²) in [4.78, 5) is 27.8. The van der Waals surface area contributed by atoms with E-state index in [2.05, 4.69) is 26.3 Å². The van der Waals surface area contributed by atoms with Gasteiger partial charge in [-0.3, -0.25) is 9.59 Å². The quantitative estimate of drug-likeness (QED) is 0.272. The number of likely N-dealkylation sites (N-methyl/N-ethyl adjacent to an activating group) is 1. The molecule has 2 bridgehead atoms. The molecule has 0 saturated heterocycles. The fourth-order valence-electron chi connectivity index (χ4n) is 6.61. The van der Waals surface area contributed by atoms with Gasteiger partial charge in [-0.2, -0.15) is 5.10 Å². The number of H-pyrrole nitrogens is 1. The maximum absolute atomic E-state index is 13.2. The molecule has 0 aliphatic heterocycles. The van der Waals surface area contributed by atoms with Gasteiger partial charge in [-0.05, 0) is 81.4 Å². The number of carbonyl (C=O) groups is 1. The van der Waals surface area contributed by atoms with E-state index in [0.29, 0.717) is 28.6 Å². The fourth-order valence-corrected chi connectivity index (χ4v) is 6.61. The van der Waals surface area contributed by atoms with E-state index in [1.165, 1.54) is 0 Å². The summed E-state index contributed by atoms with van der Waals surface area (Å²) in [6, 6.07) is 17.7. The van der Waals surface area contributed by atoms with Crippen molar-refractivity contribution in [2.45, 2.75) is 37.8 Å². The van der Waals surface area contributed by atoms with Crippen LogP contribution in [0.5, 0.6) is 11.5 Å². The summed E-state index contributed by atoms with van der Waals surface area (Å²) >= 11 is 0. The molecule has 0 radical (unpaired) electrons. The lowest BCUT2D eigenvalue weighted by atomic mass is 9.80. The van der Waals surface area contributed by atoms with E-state index >= 15 is 0 Å². The van der Waals surface area contributed by atoms with Gasteiger partial charge in [0.05, 0.1) is 5.39 Å². The van der Waals surface area contributed by atoms with Crippen LogP contribution in [0.4, 0.5) is 5.82 Å². The van der Waals surface area contributed by atoms with Gasteiger partial charge in [0.1, 0.15) is 17.0 Å². The Morgan fingerprint density at radius 1 is 1.10 bits per heavy atom. The average Bonchev–Trinajstić information content (AvgIpc) is 3.46. The Morgan fingerprint density at radius 2 is 1.78 bits per heavy atom. The Kier molecular flexibility index (Phi) is 7.36. The number of nitrogens with one attached hydrogen (secondary N) is 2. The first-order valence-electron chi connectivity index (χ1n) is 14.2. The van der Waals surface area contributed by atoms with E-state index < -0.39 is 0 Å². The molecule has 2 saturated carbocycles. The lowest BCUT2D eigenvalue weighted by Crippen LogP contribution is -2.45. The summed E-state index contributed by atoms with van der Waals surface area (Å²) < 4.78 is 8.07. The van der Waals surface area contributed by atoms with E-state index in [-0.39, 0.29) is 23.6 Å². The Hall–Kier alpha value is -4.37. The van der Waals surface area contributed by atoms with E-state index in [1.807, 2.05) is 79.7 Å². The molecule has 1 amide bonds. The summed E-state index contributed by atoms with van der Waals surface area (Å²) in [5.41, 5.74) is 8.47. The van der Waals surface area contributed by atoms with Crippen LogP contribution in [0.15, 0.2) is 77.7 Å². The molecular weight excluding hydrogens is 516 g/mol. The number of hydrogen-bond donors (Lipinski definition) is 3. The zero-order valence-corrected chi connectivity index (χ0v) is 23.4. The molecule has 0 spiro atoms. The highest BCUT2D eigenvalue weighted by Crippen LogP contribution is 2.48. The topological polar surface area (TPSA) is 118 Å². The summed E-state index contributed by atoms with van der Waals surface area (Å²) in [6.07, 6.45) is 9.50. The molecule has 9 nitrogen and oxygen atoms in total. The van der Waals surface area contributed by atoms with E-state index in [1.54, 1.807) is 6.08 Å². The fraction of sp³-hybridized carbons (Fsp3) is 0.344. The van der Waals surface area contributed by atoms with Crippen LogP contribution < -0.4 is 21.3 Å². The first-order valence-corrected chi connectivity index (χ1v) is 14.2. The number of amides is 1. The normalized spacial score (nSPS) is 22.0. The van der Waals surface area contributed by atoms with Crippen LogP contribution in [0.25, 0.3) is 22.0 Å². The highest BCUT2D eigenvalue weighted by molar-refractivity contribution is 6.02. The van der Waals surface area contributed by atoms with Gasteiger partial charge in [-0.25, -0.2) is 5.10 Å². The van der Waals surface area contributed by atoms with E-state index in [4.69, 9.17) is 10.5 Å². The van der Waals surface area contributed by atoms with Crippen molar-refractivity contribution in [2.24, 2.45) is 11.8 Å². The molecule has 2 heterocycles. The van der Waals surface area contributed by atoms with Crippen molar-refractivity contribution in [3.63, 3.8) is 0 Å². The van der Waals surface area contributed by atoms with Crippen LogP contribution >= 0.6 is 0 Å². The number of anilines is 1. The largest absolute Gasteiger partial charge is 0.457 e. The third-order valence-corrected chi connectivity index (χ3v) is 8.44. The SMILES string of the molecule is CN(C)C/C=C/C(=O)NC1C2CCC1CC(n1cc(-c3ccc(Oc4ccccc4)cc3)c3c(N)n[nH]c(=O)c31)C2. The maximum atomic E-state index is 13.2. The zero-order chi connectivity index (χ0) is 28.5. The summed E-state index contributed by atoms with van der Waals surface area (Å²) in [7, 11) is 3.95. The maximum Gasteiger partial charge on any atom is 0.288 e. The number of nitrogen functional groups attached to an aromatic ring is 1. The molecule has 41 heavy (non-hydrogen) atoms. The molecule has 2 unspecified atom stereocenters. The summed E-state index contributed by atoms with van der Waals surface area (Å²) in [5, 5.41) is 10.6. The van der Waals surface area contributed by atoms with Crippen LogP contribution in [0, 0.1) is 11.8 Å². The number of carbonyl (C=O) groups excluding carboxylic acids is 1. The highest BCUT2D eigenvalue weighted by atomic mass is 16.5. The summed E-state index contributed by atoms with van der Waals surface area (Å²) in [5.74, 6) is 2.48. The van der Waals surface area contributed by atoms with Gasteiger partial charge in [0.2, 0.25) is 5.91 Å². The Morgan fingerprint density at radius 3 is 2.46 bits per heavy atom. The number of nitrogens with two attached hydrogens (primary N) is 1. The minimum absolute atomic E-state index is 0.0316. The molecule has 6 rings (SSSR count). The third-order valence-electron chi connectivity index (χ3n) is 8.44. The first-order chi connectivity index (χ1) is 19.9. The predicted octanol–water partition coefficient (Wildman–Crippen LogP) is 4.73. The molecule has 2 atom stereocenters. The standard InChI is InChI=1S/C32H36N6O3/c1-37(2)16-6-9-27(39)34-29-21-10-11-22(29)18-23(17-21)38-19-26(28-30(38)32(40)36-35-31(28)33)20-12-14-25(15-13-20)41-24-7-4-3-5-8-24/h3-9,12-15,19,21-23,29H,10-11,16-18H2,1-2H3,(H2,33,35)(H,34,39)(H,36,40)/b9-6+. The lowest BCUT2D eigenvalue weighted by molar-refractivity contribution is -0.118. The van der Waals surface area contributed by atoms with Crippen LogP contribution in [0.1, 0.15) is 31.7 Å². The van der Waals surface area contributed by atoms with Crippen molar-refractivity contribution in [3.8, 4) is 22.6 Å². The molecule has 2 aromatic heterocycles. The van der Waals surface area contributed by atoms with Crippen molar-refractivity contribution in [3.05, 3.63) is 83.3 Å². The Labute approximate surface area is 239 Å². The zero-order valence-electron chi connectivity index (χ0n) is 23.4. The van der Waals surface area contributed by atoms with Gasteiger partial charge in [0.15, 0.2) is 5.82 Å². The predicted molar refractivity (Wildman–Crippen MR) is 161 cm³/mol. The van der Waals surface area contributed by atoms with Crippen LogP contribution in [0.3, 0.4) is 0 Å². The van der Waals surface area contributed by atoms with Gasteiger partial charge >= 0.3 is 0 Å². The van der Waals surface area contributed by atoms with Gasteiger partial charge in [0.25, 0.3) is 5.56 Å². The number of benzene rings is 2. The van der Waals surface area contributed by atoms with E-state index in [9.17, 15) is 9.59 Å². The third kappa shape index (κ3) is 5.50. The monoisotopic (exact) mass is 552 g/mol. The number of fused-ring (bicyclic) bond motifs is 3. The van der Waals surface area contributed by atoms with E-state index in [0.717, 1.165) is 54.9 Å². The van der Waals surface area contributed by atoms with Crippen molar-refractivity contribution in [2.75, 3.05) is 26.4 Å². The number of nitrogens with zero attached hydrogens (tertiary/aromatic N) is 3. The minimum atomic E-state index is -0.252. The van der Waals surface area contributed by atoms with Crippen molar-refractivity contribution in [1.82, 2.24) is 25.0 Å². The van der Waals surface area contributed by atoms with Crippen molar-refractivity contribution in [1.29, 1.82) is 0 Å².